The lowest BCUT2D eigenvalue weighted by atomic mass is 10.1. The largest absolute Gasteiger partial charge is 0.478 e. The Balaban J connectivity index is 1.29. The minimum Gasteiger partial charge on any atom is -0.478 e. The molecule has 1 aromatic heterocycles. The molecule has 45 heavy (non-hydrogen) atoms. The molecular formula is C35H27N3O5S2. The number of nitrogens with one attached hydrogen (secondary N) is 3. The van der Waals surface area contributed by atoms with Crippen LogP contribution in [0.3, 0.4) is 0 Å². The molecule has 0 aliphatic rings. The second-order valence-corrected chi connectivity index (χ2v) is 11.8. The molecule has 4 aromatic carbocycles. The summed E-state index contributed by atoms with van der Waals surface area (Å²) in [5.41, 5.74) is 2.43. The van der Waals surface area contributed by atoms with Crippen LogP contribution in [0.1, 0.15) is 36.4 Å². The van der Waals surface area contributed by atoms with Crippen LogP contribution in [0.5, 0.6) is 0 Å². The van der Waals surface area contributed by atoms with Crippen molar-refractivity contribution in [1.29, 1.82) is 0 Å². The van der Waals surface area contributed by atoms with Crippen molar-refractivity contribution in [3.05, 3.63) is 154 Å². The average Bonchev–Trinajstić information content (AvgIpc) is 3.58. The number of aromatic carboxylic acids is 1. The van der Waals surface area contributed by atoms with Crippen LogP contribution in [0.4, 0.5) is 11.4 Å². The van der Waals surface area contributed by atoms with Crippen molar-refractivity contribution < 1.29 is 24.3 Å². The van der Waals surface area contributed by atoms with E-state index in [-0.39, 0.29) is 17.2 Å². The summed E-state index contributed by atoms with van der Waals surface area (Å²) in [7, 11) is 0. The number of anilines is 2. The van der Waals surface area contributed by atoms with Gasteiger partial charge in [-0.25, -0.2) is 4.79 Å². The lowest BCUT2D eigenvalue weighted by molar-refractivity contribution is -0.116. The zero-order chi connectivity index (χ0) is 31.6. The molecule has 1 unspecified atom stereocenters. The van der Waals surface area contributed by atoms with Gasteiger partial charge >= 0.3 is 5.97 Å². The number of hydrogen-bond acceptors (Lipinski definition) is 6. The molecule has 0 saturated heterocycles. The molecule has 0 fully saturated rings. The van der Waals surface area contributed by atoms with Gasteiger partial charge in [0.25, 0.3) is 11.8 Å². The maximum absolute atomic E-state index is 13.4. The third-order valence-electron chi connectivity index (χ3n) is 6.46. The molecule has 10 heteroatoms. The molecule has 0 radical (unpaired) electrons. The highest BCUT2D eigenvalue weighted by Gasteiger charge is 2.23. The number of rotatable bonds is 11. The van der Waals surface area contributed by atoms with Crippen molar-refractivity contribution in [3.8, 4) is 0 Å². The lowest BCUT2D eigenvalue weighted by Gasteiger charge is -2.17. The van der Waals surface area contributed by atoms with E-state index in [1.807, 2.05) is 53.9 Å². The van der Waals surface area contributed by atoms with E-state index in [1.54, 1.807) is 66.7 Å². The van der Waals surface area contributed by atoms with Crippen molar-refractivity contribution in [3.63, 3.8) is 0 Å². The first-order valence-electron chi connectivity index (χ1n) is 13.7. The normalized spacial score (nSPS) is 11.7. The van der Waals surface area contributed by atoms with E-state index >= 15 is 0 Å². The van der Waals surface area contributed by atoms with Crippen LogP contribution < -0.4 is 16.0 Å². The first-order valence-corrected chi connectivity index (χ1v) is 15.5. The summed E-state index contributed by atoms with van der Waals surface area (Å²) >= 11 is 2.78. The molecule has 0 aliphatic carbocycles. The molecule has 5 rings (SSSR count). The Labute approximate surface area is 267 Å². The molecule has 0 saturated carbocycles. The number of benzene rings is 4. The van der Waals surface area contributed by atoms with E-state index in [1.165, 1.54) is 35.2 Å². The Hall–Kier alpha value is -5.45. The third kappa shape index (κ3) is 8.56. The van der Waals surface area contributed by atoms with Crippen molar-refractivity contribution in [1.82, 2.24) is 5.32 Å². The standard InChI is InChI=1S/C35H27N3O5S2/c39-32(24-10-5-2-6-11-24)38-30(22-29-12-7-21-44-29)33(40)36-27-17-19-28(20-18-27)45-31(23-8-3-1-4-9-23)34(41)37-26-15-13-25(14-16-26)35(42)43/h1-22,31H,(H,36,40)(H,37,41)(H,38,39)(H,42,43)/b30-22-. The summed E-state index contributed by atoms with van der Waals surface area (Å²) in [6.45, 7) is 0. The second-order valence-electron chi connectivity index (χ2n) is 9.65. The van der Waals surface area contributed by atoms with E-state index in [2.05, 4.69) is 16.0 Å². The van der Waals surface area contributed by atoms with Crippen molar-refractivity contribution >= 4 is 64.2 Å². The van der Waals surface area contributed by atoms with Gasteiger partial charge in [0, 0.05) is 26.7 Å². The van der Waals surface area contributed by atoms with Crippen molar-refractivity contribution in [2.75, 3.05) is 10.6 Å². The molecule has 3 amide bonds. The predicted octanol–water partition coefficient (Wildman–Crippen LogP) is 7.33. The average molecular weight is 634 g/mol. The fourth-order valence-corrected chi connectivity index (χ4v) is 5.90. The van der Waals surface area contributed by atoms with Gasteiger partial charge in [0.1, 0.15) is 10.9 Å². The number of carboxylic acid groups (broad SMARTS) is 1. The molecule has 224 valence electrons. The van der Waals surface area contributed by atoms with Gasteiger partial charge in [-0.15, -0.1) is 23.1 Å². The summed E-state index contributed by atoms with van der Waals surface area (Å²) in [6.07, 6.45) is 1.63. The van der Waals surface area contributed by atoms with E-state index < -0.39 is 23.0 Å². The van der Waals surface area contributed by atoms with Crippen LogP contribution in [0.15, 0.2) is 137 Å². The van der Waals surface area contributed by atoms with Gasteiger partial charge in [0.15, 0.2) is 0 Å². The van der Waals surface area contributed by atoms with Gasteiger partial charge in [-0.3, -0.25) is 14.4 Å². The predicted molar refractivity (Wildman–Crippen MR) is 178 cm³/mol. The number of carboxylic acids is 1. The number of amides is 3. The van der Waals surface area contributed by atoms with Crippen LogP contribution >= 0.6 is 23.1 Å². The first kappa shape index (κ1) is 31.0. The maximum Gasteiger partial charge on any atom is 0.335 e. The number of carbonyl (C=O) groups is 4. The molecule has 5 aromatic rings. The van der Waals surface area contributed by atoms with Crippen LogP contribution in [-0.2, 0) is 9.59 Å². The summed E-state index contributed by atoms with van der Waals surface area (Å²) in [4.78, 5) is 52.3. The van der Waals surface area contributed by atoms with Crippen LogP contribution in [0, 0.1) is 0 Å². The molecule has 8 nitrogen and oxygen atoms in total. The van der Waals surface area contributed by atoms with E-state index in [0.717, 1.165) is 15.3 Å². The summed E-state index contributed by atoms with van der Waals surface area (Å²) in [5.74, 6) is -2.20. The van der Waals surface area contributed by atoms with Gasteiger partial charge in [0.05, 0.1) is 5.56 Å². The van der Waals surface area contributed by atoms with E-state index in [9.17, 15) is 19.2 Å². The Morgan fingerprint density at radius 2 is 1.31 bits per heavy atom. The second kappa shape index (κ2) is 14.8. The quantitative estimate of drug-likeness (QED) is 0.0892. The fourth-order valence-electron chi connectivity index (χ4n) is 4.21. The molecule has 0 spiro atoms. The minimum absolute atomic E-state index is 0.0990. The van der Waals surface area contributed by atoms with Gasteiger partial charge in [-0.05, 0) is 83.7 Å². The first-order chi connectivity index (χ1) is 21.9. The summed E-state index contributed by atoms with van der Waals surface area (Å²) in [6, 6.07) is 34.7. The highest BCUT2D eigenvalue weighted by molar-refractivity contribution is 8.00. The molecular weight excluding hydrogens is 607 g/mol. The maximum atomic E-state index is 13.4. The zero-order valence-corrected chi connectivity index (χ0v) is 25.3. The van der Waals surface area contributed by atoms with Crippen LogP contribution in [0.25, 0.3) is 6.08 Å². The Kier molecular flexibility index (Phi) is 10.2. The molecule has 0 bridgehead atoms. The van der Waals surface area contributed by atoms with Gasteiger partial charge in [0.2, 0.25) is 5.91 Å². The molecule has 0 aliphatic heterocycles. The Morgan fingerprint density at radius 1 is 0.689 bits per heavy atom. The summed E-state index contributed by atoms with van der Waals surface area (Å²) in [5, 5.41) is 18.9. The van der Waals surface area contributed by atoms with Crippen LogP contribution in [-0.4, -0.2) is 28.8 Å². The third-order valence-corrected chi connectivity index (χ3v) is 8.55. The molecule has 1 atom stereocenters. The number of thioether (sulfide) groups is 1. The summed E-state index contributed by atoms with van der Waals surface area (Å²) < 4.78 is 0. The SMILES string of the molecule is O=C(Nc1ccc(SC(C(=O)Nc2ccc(C(=O)O)cc2)c2ccccc2)cc1)/C(=C/c1cccs1)NC(=O)c1ccccc1. The molecule has 1 heterocycles. The Bertz CT molecular complexity index is 1810. The number of carbonyl (C=O) groups excluding carboxylic acids is 3. The smallest absolute Gasteiger partial charge is 0.335 e. The molecule has 4 N–H and O–H groups in total. The minimum atomic E-state index is -1.04. The van der Waals surface area contributed by atoms with E-state index in [4.69, 9.17) is 5.11 Å². The van der Waals surface area contributed by atoms with Gasteiger partial charge in [-0.1, -0.05) is 54.6 Å². The highest BCUT2D eigenvalue weighted by atomic mass is 32.2. The Morgan fingerprint density at radius 3 is 1.93 bits per heavy atom. The topological polar surface area (TPSA) is 125 Å². The highest BCUT2D eigenvalue weighted by Crippen LogP contribution is 2.37. The lowest BCUT2D eigenvalue weighted by Crippen LogP contribution is -2.30. The van der Waals surface area contributed by atoms with Crippen LogP contribution in [0.2, 0.25) is 0 Å². The fraction of sp³-hybridized carbons (Fsp3) is 0.0286. The zero-order valence-electron chi connectivity index (χ0n) is 23.7. The van der Waals surface area contributed by atoms with Gasteiger partial charge < -0.3 is 21.1 Å². The number of hydrogen-bond donors (Lipinski definition) is 4. The van der Waals surface area contributed by atoms with Gasteiger partial charge in [-0.2, -0.15) is 0 Å². The van der Waals surface area contributed by atoms with Crippen molar-refractivity contribution in [2.24, 2.45) is 0 Å². The van der Waals surface area contributed by atoms with E-state index in [0.29, 0.717) is 16.9 Å². The monoisotopic (exact) mass is 633 g/mol. The van der Waals surface area contributed by atoms with Crippen molar-refractivity contribution in [2.45, 2.75) is 10.1 Å². The number of thiophene rings is 1.